The molecule has 27 heavy (non-hydrogen) atoms. The molecule has 3 rings (SSSR count). The molecule has 0 radical (unpaired) electrons. The number of benzene rings is 2. The van der Waals surface area contributed by atoms with Crippen molar-refractivity contribution < 1.29 is 14.2 Å². The lowest BCUT2D eigenvalue weighted by Crippen LogP contribution is -2.12. The molecule has 0 atom stereocenters. The highest BCUT2D eigenvalue weighted by atomic mass is 16.5. The van der Waals surface area contributed by atoms with Crippen LogP contribution in [0, 0.1) is 6.92 Å². The molecule has 7 heteroatoms. The molecule has 0 spiro atoms. The smallest absolute Gasteiger partial charge is 0.141 e. The third-order valence-corrected chi connectivity index (χ3v) is 3.64. The Hall–Kier alpha value is -3.19. The van der Waals surface area contributed by atoms with Gasteiger partial charge in [0.25, 0.3) is 0 Å². The van der Waals surface area contributed by atoms with Crippen LogP contribution in [-0.4, -0.2) is 47.5 Å². The second-order valence-electron chi connectivity index (χ2n) is 5.78. The molecule has 140 valence electrons. The molecule has 0 fully saturated rings. The Morgan fingerprint density at radius 3 is 1.96 bits per heavy atom. The van der Waals surface area contributed by atoms with Gasteiger partial charge in [-0.3, -0.25) is 0 Å². The Bertz CT molecular complexity index is 815. The van der Waals surface area contributed by atoms with Crippen molar-refractivity contribution in [3.63, 3.8) is 0 Å². The monoisotopic (exact) mass is 366 g/mol. The molecule has 7 nitrogen and oxygen atoms in total. The van der Waals surface area contributed by atoms with E-state index in [4.69, 9.17) is 14.2 Å². The summed E-state index contributed by atoms with van der Waals surface area (Å²) in [6.07, 6.45) is 4.78. The van der Waals surface area contributed by atoms with Crippen LogP contribution in [0.3, 0.4) is 0 Å². The van der Waals surface area contributed by atoms with E-state index >= 15 is 0 Å². The summed E-state index contributed by atoms with van der Waals surface area (Å²) in [5.41, 5.74) is 2.17. The lowest BCUT2D eigenvalue weighted by Gasteiger charge is -2.09. The van der Waals surface area contributed by atoms with Crippen LogP contribution in [0.4, 0.5) is 0 Å². The zero-order chi connectivity index (χ0) is 18.7. The lowest BCUT2D eigenvalue weighted by atomic mass is 10.2. The predicted octanol–water partition coefficient (Wildman–Crippen LogP) is 2.94. The van der Waals surface area contributed by atoms with Gasteiger partial charge in [0, 0.05) is 0 Å². The van der Waals surface area contributed by atoms with Crippen LogP contribution in [0.1, 0.15) is 11.1 Å². The van der Waals surface area contributed by atoms with Gasteiger partial charge >= 0.3 is 0 Å². The van der Waals surface area contributed by atoms with E-state index in [9.17, 15) is 0 Å². The predicted molar refractivity (Wildman–Crippen MR) is 102 cm³/mol. The number of nitrogens with zero attached hydrogens (tertiary/aromatic N) is 4. The van der Waals surface area contributed by atoms with Crippen molar-refractivity contribution in [3.8, 4) is 11.5 Å². The third kappa shape index (κ3) is 6.56. The second-order valence-corrected chi connectivity index (χ2v) is 5.78. The fourth-order valence-corrected chi connectivity index (χ4v) is 2.21. The first kappa shape index (κ1) is 18.6. The number of rotatable bonds is 10. The molecule has 0 bridgehead atoms. The molecule has 1 heterocycles. The number of aromatic nitrogens is 3. The van der Waals surface area contributed by atoms with Gasteiger partial charge in [0.2, 0.25) is 0 Å². The molecule has 0 N–H and O–H groups in total. The summed E-state index contributed by atoms with van der Waals surface area (Å²) in [7, 11) is 0. The fraction of sp³-hybridized carbons (Fsp3) is 0.250. The van der Waals surface area contributed by atoms with E-state index in [1.54, 1.807) is 6.21 Å². The summed E-state index contributed by atoms with van der Waals surface area (Å²) in [5.74, 6) is 1.64. The van der Waals surface area contributed by atoms with Crippen LogP contribution in [0.5, 0.6) is 11.5 Å². The summed E-state index contributed by atoms with van der Waals surface area (Å²) >= 11 is 0. The van der Waals surface area contributed by atoms with Gasteiger partial charge in [-0.1, -0.05) is 17.7 Å². The topological polar surface area (TPSA) is 70.8 Å². The highest BCUT2D eigenvalue weighted by molar-refractivity contribution is 5.79. The van der Waals surface area contributed by atoms with Gasteiger partial charge in [-0.2, -0.15) is 5.10 Å². The van der Waals surface area contributed by atoms with Gasteiger partial charge in [-0.25, -0.2) is 4.68 Å². The third-order valence-electron chi connectivity index (χ3n) is 3.64. The number of aryl methyl sites for hydroxylation is 1. The van der Waals surface area contributed by atoms with Gasteiger partial charge in [-0.15, -0.1) is 10.2 Å². The molecule has 0 unspecified atom stereocenters. The molecule has 3 aromatic rings. The van der Waals surface area contributed by atoms with Crippen LogP contribution in [0.15, 0.2) is 66.3 Å². The first-order valence-corrected chi connectivity index (χ1v) is 8.69. The molecule has 0 aliphatic rings. The number of hydrogen-bond acceptors (Lipinski definition) is 6. The van der Waals surface area contributed by atoms with Crippen molar-refractivity contribution >= 4 is 6.21 Å². The van der Waals surface area contributed by atoms with E-state index in [0.717, 1.165) is 17.1 Å². The average Bonchev–Trinajstić information content (AvgIpc) is 3.22. The van der Waals surface area contributed by atoms with Gasteiger partial charge < -0.3 is 14.2 Å². The molecular weight excluding hydrogens is 344 g/mol. The van der Waals surface area contributed by atoms with Crippen LogP contribution in [0.25, 0.3) is 0 Å². The minimum Gasteiger partial charge on any atom is -0.491 e. The highest BCUT2D eigenvalue weighted by Gasteiger charge is 1.96. The summed E-state index contributed by atoms with van der Waals surface area (Å²) in [5, 5.41) is 11.6. The largest absolute Gasteiger partial charge is 0.491 e. The molecule has 2 aromatic carbocycles. The van der Waals surface area contributed by atoms with E-state index in [0.29, 0.717) is 26.4 Å². The lowest BCUT2D eigenvalue weighted by molar-refractivity contribution is 0.0764. The maximum absolute atomic E-state index is 5.65. The molecule has 0 aliphatic carbocycles. The Balaban J connectivity index is 1.28. The fourth-order valence-electron chi connectivity index (χ4n) is 2.21. The van der Waals surface area contributed by atoms with Gasteiger partial charge in [0.1, 0.15) is 37.4 Å². The summed E-state index contributed by atoms with van der Waals surface area (Å²) in [6, 6.07) is 15.6. The minimum atomic E-state index is 0.485. The van der Waals surface area contributed by atoms with E-state index in [1.807, 2.05) is 55.5 Å². The van der Waals surface area contributed by atoms with Crippen LogP contribution in [0.2, 0.25) is 0 Å². The first-order chi connectivity index (χ1) is 13.3. The first-order valence-electron chi connectivity index (χ1n) is 8.69. The van der Waals surface area contributed by atoms with E-state index < -0.39 is 0 Å². The SMILES string of the molecule is Cc1ccc(OCCOCCOc2ccc(/C=N\n3cnnc3)cc2)cc1. The van der Waals surface area contributed by atoms with Crippen molar-refractivity contribution in [1.82, 2.24) is 14.9 Å². The van der Waals surface area contributed by atoms with Gasteiger partial charge in [0.05, 0.1) is 19.4 Å². The standard InChI is InChI=1S/C20H22N4O3/c1-17-2-6-19(7-3-17)26-12-10-25-11-13-27-20-8-4-18(5-9-20)14-23-24-15-21-22-16-24/h2-9,14-16H,10-13H2,1H3/b23-14-. The molecular formula is C20H22N4O3. The summed E-state index contributed by atoms with van der Waals surface area (Å²) in [6.45, 7) is 4.08. The molecule has 0 amide bonds. The van der Waals surface area contributed by atoms with Crippen molar-refractivity contribution in [1.29, 1.82) is 0 Å². The van der Waals surface area contributed by atoms with E-state index in [-0.39, 0.29) is 0 Å². The van der Waals surface area contributed by atoms with Crippen molar-refractivity contribution in [2.75, 3.05) is 26.4 Å². The van der Waals surface area contributed by atoms with Crippen LogP contribution < -0.4 is 9.47 Å². The van der Waals surface area contributed by atoms with Crippen LogP contribution >= 0.6 is 0 Å². The highest BCUT2D eigenvalue weighted by Crippen LogP contribution is 2.12. The molecule has 1 aromatic heterocycles. The van der Waals surface area contributed by atoms with Crippen molar-refractivity contribution in [2.24, 2.45) is 5.10 Å². The average molecular weight is 366 g/mol. The number of hydrogen-bond donors (Lipinski definition) is 0. The van der Waals surface area contributed by atoms with Crippen LogP contribution in [-0.2, 0) is 4.74 Å². The zero-order valence-electron chi connectivity index (χ0n) is 15.2. The second kappa shape index (κ2) is 10.1. The Morgan fingerprint density at radius 1 is 0.815 bits per heavy atom. The summed E-state index contributed by atoms with van der Waals surface area (Å²) < 4.78 is 18.3. The van der Waals surface area contributed by atoms with Crippen molar-refractivity contribution in [3.05, 3.63) is 72.3 Å². The normalized spacial score (nSPS) is 11.0. The Morgan fingerprint density at radius 2 is 1.37 bits per heavy atom. The van der Waals surface area contributed by atoms with E-state index in [2.05, 4.69) is 15.3 Å². The van der Waals surface area contributed by atoms with Gasteiger partial charge in [-0.05, 0) is 48.9 Å². The zero-order valence-corrected chi connectivity index (χ0v) is 15.2. The molecule has 0 saturated carbocycles. The maximum Gasteiger partial charge on any atom is 0.141 e. The number of ether oxygens (including phenoxy) is 3. The minimum absolute atomic E-state index is 0.485. The maximum atomic E-state index is 5.65. The molecule has 0 saturated heterocycles. The Labute approximate surface area is 158 Å². The molecule has 0 aliphatic heterocycles. The van der Waals surface area contributed by atoms with E-state index in [1.165, 1.54) is 22.9 Å². The Kier molecular flexibility index (Phi) is 6.94. The summed E-state index contributed by atoms with van der Waals surface area (Å²) in [4.78, 5) is 0. The van der Waals surface area contributed by atoms with Crippen molar-refractivity contribution in [2.45, 2.75) is 6.92 Å². The quantitative estimate of drug-likeness (QED) is 0.407. The van der Waals surface area contributed by atoms with Gasteiger partial charge in [0.15, 0.2) is 0 Å².